The first kappa shape index (κ1) is 21.8. The van der Waals surface area contributed by atoms with Crippen molar-refractivity contribution >= 4 is 17.5 Å². The normalized spacial score (nSPS) is 20.3. The number of hydrogen-bond donors (Lipinski definition) is 3. The van der Waals surface area contributed by atoms with E-state index >= 15 is 0 Å². The largest absolute Gasteiger partial charge is 0.493 e. The Morgan fingerprint density at radius 3 is 2.83 bits per heavy atom. The summed E-state index contributed by atoms with van der Waals surface area (Å²) >= 11 is 6.62. The molecule has 1 aliphatic heterocycles. The minimum absolute atomic E-state index is 0.177. The monoisotopic (exact) mass is 420 g/mol. The van der Waals surface area contributed by atoms with Crippen molar-refractivity contribution in [3.8, 4) is 5.75 Å². The van der Waals surface area contributed by atoms with Crippen molar-refractivity contribution in [1.29, 1.82) is 0 Å². The van der Waals surface area contributed by atoms with Crippen LogP contribution in [0.3, 0.4) is 0 Å². The summed E-state index contributed by atoms with van der Waals surface area (Å²) in [6.45, 7) is 7.23. The molecule has 1 fully saturated rings. The standard InChI is InChI=1S/C21H29ClN4O3/c1-13-11-17(26-20(23)25-13)19-18(24-8-4-9-29-19)15-6-5-14(12-16(15)22)28-10-7-21(2,3)27/h5-6,11-12,18-19,24,27H,4,7-10H2,1-3H3,(H2,23,25,26). The van der Waals surface area contributed by atoms with Crippen molar-refractivity contribution in [3.05, 3.63) is 46.2 Å². The van der Waals surface area contributed by atoms with E-state index in [1.165, 1.54) is 0 Å². The maximum absolute atomic E-state index is 9.82. The third-order valence-corrected chi connectivity index (χ3v) is 5.09. The third kappa shape index (κ3) is 6.02. The molecule has 0 saturated carbocycles. The van der Waals surface area contributed by atoms with Gasteiger partial charge in [-0.3, -0.25) is 0 Å². The van der Waals surface area contributed by atoms with Gasteiger partial charge in [0.25, 0.3) is 0 Å². The first-order valence-corrected chi connectivity index (χ1v) is 10.2. The second kappa shape index (κ2) is 9.26. The van der Waals surface area contributed by atoms with Crippen LogP contribution in [-0.2, 0) is 4.74 Å². The minimum atomic E-state index is -0.768. The molecule has 2 aromatic rings. The summed E-state index contributed by atoms with van der Waals surface area (Å²) in [7, 11) is 0. The Morgan fingerprint density at radius 2 is 2.14 bits per heavy atom. The zero-order valence-electron chi connectivity index (χ0n) is 17.1. The number of nitrogens with zero attached hydrogens (tertiary/aromatic N) is 2. The molecule has 8 heteroatoms. The van der Waals surface area contributed by atoms with Gasteiger partial charge in [0.15, 0.2) is 0 Å². The Labute approximate surface area is 176 Å². The molecule has 29 heavy (non-hydrogen) atoms. The number of ether oxygens (including phenoxy) is 2. The van der Waals surface area contributed by atoms with Crippen molar-refractivity contribution in [3.63, 3.8) is 0 Å². The molecule has 158 valence electrons. The molecular weight excluding hydrogens is 392 g/mol. The second-order valence-electron chi connectivity index (χ2n) is 7.96. The number of aromatic nitrogens is 2. The van der Waals surface area contributed by atoms with E-state index in [4.69, 9.17) is 26.8 Å². The molecule has 2 heterocycles. The molecule has 4 N–H and O–H groups in total. The van der Waals surface area contributed by atoms with E-state index in [2.05, 4.69) is 15.3 Å². The molecule has 0 bridgehead atoms. The van der Waals surface area contributed by atoms with Gasteiger partial charge in [-0.1, -0.05) is 17.7 Å². The fraction of sp³-hybridized carbons (Fsp3) is 0.524. The predicted molar refractivity (Wildman–Crippen MR) is 113 cm³/mol. The van der Waals surface area contributed by atoms with Crippen LogP contribution < -0.4 is 15.8 Å². The highest BCUT2D eigenvalue weighted by atomic mass is 35.5. The van der Waals surface area contributed by atoms with Crippen LogP contribution in [0.1, 0.15) is 55.8 Å². The number of rotatable bonds is 6. The summed E-state index contributed by atoms with van der Waals surface area (Å²) in [4.78, 5) is 8.55. The molecule has 1 aliphatic rings. The lowest BCUT2D eigenvalue weighted by Crippen LogP contribution is -2.27. The van der Waals surface area contributed by atoms with Crippen molar-refractivity contribution in [2.75, 3.05) is 25.5 Å². The predicted octanol–water partition coefficient (Wildman–Crippen LogP) is 3.35. The molecule has 1 aromatic heterocycles. The van der Waals surface area contributed by atoms with Crippen LogP contribution >= 0.6 is 11.6 Å². The summed E-state index contributed by atoms with van der Waals surface area (Å²) in [5, 5.41) is 13.9. The van der Waals surface area contributed by atoms with E-state index in [-0.39, 0.29) is 18.1 Å². The van der Waals surface area contributed by atoms with Gasteiger partial charge in [0, 0.05) is 23.7 Å². The number of aliphatic hydroxyl groups is 1. The highest BCUT2D eigenvalue weighted by molar-refractivity contribution is 6.31. The molecule has 0 radical (unpaired) electrons. The van der Waals surface area contributed by atoms with Crippen LogP contribution in [0.5, 0.6) is 5.75 Å². The maximum atomic E-state index is 9.82. The van der Waals surface area contributed by atoms with E-state index in [1.807, 2.05) is 25.1 Å². The Morgan fingerprint density at radius 1 is 1.34 bits per heavy atom. The van der Waals surface area contributed by atoms with Crippen LogP contribution in [0.4, 0.5) is 5.95 Å². The molecule has 2 unspecified atom stereocenters. The second-order valence-corrected chi connectivity index (χ2v) is 8.37. The van der Waals surface area contributed by atoms with Crippen LogP contribution in [0.2, 0.25) is 5.02 Å². The fourth-order valence-corrected chi connectivity index (χ4v) is 3.59. The molecule has 2 atom stereocenters. The lowest BCUT2D eigenvalue weighted by atomic mass is 9.98. The lowest BCUT2D eigenvalue weighted by Gasteiger charge is -2.27. The molecular formula is C21H29ClN4O3. The van der Waals surface area contributed by atoms with Crippen LogP contribution in [-0.4, -0.2) is 40.4 Å². The number of halogens is 1. The van der Waals surface area contributed by atoms with E-state index in [0.717, 1.165) is 29.9 Å². The number of aryl methyl sites for hydroxylation is 1. The van der Waals surface area contributed by atoms with Gasteiger partial charge in [0.05, 0.1) is 23.9 Å². The summed E-state index contributed by atoms with van der Waals surface area (Å²) in [5.41, 5.74) is 7.52. The van der Waals surface area contributed by atoms with Gasteiger partial charge in [-0.05, 0) is 57.5 Å². The van der Waals surface area contributed by atoms with Crippen molar-refractivity contribution < 1.29 is 14.6 Å². The average Bonchev–Trinajstić information content (AvgIpc) is 2.86. The minimum Gasteiger partial charge on any atom is -0.493 e. The quantitative estimate of drug-likeness (QED) is 0.658. The number of nitrogen functional groups attached to an aromatic ring is 1. The van der Waals surface area contributed by atoms with E-state index in [1.54, 1.807) is 19.9 Å². The Kier molecular flexibility index (Phi) is 6.95. The Bertz CT molecular complexity index is 821. The smallest absolute Gasteiger partial charge is 0.220 e. The van der Waals surface area contributed by atoms with Crippen molar-refractivity contribution in [2.45, 2.75) is 51.4 Å². The van der Waals surface area contributed by atoms with Gasteiger partial charge >= 0.3 is 0 Å². The molecule has 3 rings (SSSR count). The summed E-state index contributed by atoms with van der Waals surface area (Å²) in [6, 6.07) is 7.34. The highest BCUT2D eigenvalue weighted by Crippen LogP contribution is 2.38. The van der Waals surface area contributed by atoms with Gasteiger partial charge in [0.2, 0.25) is 5.95 Å². The van der Waals surface area contributed by atoms with E-state index in [9.17, 15) is 5.11 Å². The van der Waals surface area contributed by atoms with Gasteiger partial charge < -0.3 is 25.6 Å². The van der Waals surface area contributed by atoms with Crippen LogP contribution in [0.15, 0.2) is 24.3 Å². The summed E-state index contributed by atoms with van der Waals surface area (Å²) in [6.07, 6.45) is 1.09. The van der Waals surface area contributed by atoms with Crippen LogP contribution in [0, 0.1) is 6.92 Å². The average molecular weight is 421 g/mol. The zero-order valence-corrected chi connectivity index (χ0v) is 17.9. The summed E-state index contributed by atoms with van der Waals surface area (Å²) < 4.78 is 11.9. The third-order valence-electron chi connectivity index (χ3n) is 4.76. The zero-order chi connectivity index (χ0) is 21.0. The van der Waals surface area contributed by atoms with E-state index in [0.29, 0.717) is 30.4 Å². The molecule has 0 spiro atoms. The number of hydrogen-bond acceptors (Lipinski definition) is 7. The Balaban J connectivity index is 1.83. The van der Waals surface area contributed by atoms with Crippen LogP contribution in [0.25, 0.3) is 0 Å². The first-order valence-electron chi connectivity index (χ1n) is 9.83. The number of benzene rings is 1. The van der Waals surface area contributed by atoms with E-state index < -0.39 is 5.60 Å². The van der Waals surface area contributed by atoms with Gasteiger partial charge in [-0.2, -0.15) is 0 Å². The topological polar surface area (TPSA) is 103 Å². The first-order chi connectivity index (χ1) is 13.7. The van der Waals surface area contributed by atoms with Crippen molar-refractivity contribution in [1.82, 2.24) is 15.3 Å². The fourth-order valence-electron chi connectivity index (χ4n) is 3.30. The number of nitrogens with two attached hydrogens (primary N) is 1. The molecule has 7 nitrogen and oxygen atoms in total. The molecule has 0 amide bonds. The molecule has 1 aromatic carbocycles. The Hall–Kier alpha value is -1.93. The number of anilines is 1. The van der Waals surface area contributed by atoms with Gasteiger partial charge in [-0.15, -0.1) is 0 Å². The van der Waals surface area contributed by atoms with Gasteiger partial charge in [0.1, 0.15) is 11.9 Å². The van der Waals surface area contributed by atoms with Crippen molar-refractivity contribution in [2.24, 2.45) is 0 Å². The maximum Gasteiger partial charge on any atom is 0.220 e. The molecule has 0 aliphatic carbocycles. The SMILES string of the molecule is Cc1cc(C2OCCCNC2c2ccc(OCCC(C)(C)O)cc2Cl)nc(N)n1. The molecule has 1 saturated heterocycles. The summed E-state index contributed by atoms with van der Waals surface area (Å²) in [5.74, 6) is 0.893. The highest BCUT2D eigenvalue weighted by Gasteiger charge is 2.30. The number of nitrogens with one attached hydrogen (secondary N) is 1. The van der Waals surface area contributed by atoms with Gasteiger partial charge in [-0.25, -0.2) is 9.97 Å². The lowest BCUT2D eigenvalue weighted by molar-refractivity contribution is 0.0385.